The third-order valence-corrected chi connectivity index (χ3v) is 4.00. The van der Waals surface area contributed by atoms with E-state index in [1.165, 1.54) is 0 Å². The first-order chi connectivity index (χ1) is 10.5. The van der Waals surface area contributed by atoms with Crippen molar-refractivity contribution in [1.82, 2.24) is 4.90 Å². The fraction of sp³-hybridized carbons (Fsp3) is 0.667. The number of hydrogen-bond donors (Lipinski definition) is 1. The third-order valence-electron chi connectivity index (χ3n) is 4.00. The number of nitrogens with zero attached hydrogens (tertiary/aromatic N) is 2. The number of aliphatic carboxylic acids is 1. The molecule has 1 atom stereocenters. The molecular formula is C18H30N2O2. The van der Waals surface area contributed by atoms with Crippen molar-refractivity contribution < 1.29 is 9.90 Å². The molecule has 0 saturated heterocycles. The third kappa shape index (κ3) is 7.31. The van der Waals surface area contributed by atoms with Crippen LogP contribution in [0.25, 0.3) is 0 Å². The number of carboxylic acid groups (broad SMARTS) is 1. The Hall–Kier alpha value is -1.76. The summed E-state index contributed by atoms with van der Waals surface area (Å²) in [5, 5.41) is 18.4. The van der Waals surface area contributed by atoms with Gasteiger partial charge in [-0.1, -0.05) is 39.5 Å². The maximum absolute atomic E-state index is 11.3. The number of carbonyl (C=O) groups is 1. The van der Waals surface area contributed by atoms with Crippen LogP contribution in [0.4, 0.5) is 0 Å². The number of rotatable bonds is 11. The van der Waals surface area contributed by atoms with Gasteiger partial charge in [0, 0.05) is 13.1 Å². The summed E-state index contributed by atoms with van der Waals surface area (Å²) in [6.45, 7) is 10.1. The Morgan fingerprint density at radius 3 is 2.32 bits per heavy atom. The molecule has 0 amide bonds. The standard InChI is InChI=1S/C18H30N2O2/c1-5-9-10-15(6-2)13-16(17(14-19)18(21)22)11-12-20(7-3)8-4/h11-12,15H,5-10,13H2,1-4H3,(H,21,22). The van der Waals surface area contributed by atoms with Gasteiger partial charge in [0.1, 0.15) is 11.6 Å². The zero-order chi connectivity index (χ0) is 17.0. The van der Waals surface area contributed by atoms with Gasteiger partial charge in [-0.15, -0.1) is 0 Å². The Bertz CT molecular complexity index is 429. The van der Waals surface area contributed by atoms with Crippen molar-refractivity contribution in [2.75, 3.05) is 13.1 Å². The molecule has 0 fully saturated rings. The van der Waals surface area contributed by atoms with E-state index in [0.717, 1.165) is 38.8 Å². The smallest absolute Gasteiger partial charge is 0.346 e. The molecule has 0 saturated carbocycles. The summed E-state index contributed by atoms with van der Waals surface area (Å²) in [6, 6.07) is 1.86. The summed E-state index contributed by atoms with van der Waals surface area (Å²) in [6.07, 6.45) is 8.73. The maximum Gasteiger partial charge on any atom is 0.346 e. The van der Waals surface area contributed by atoms with E-state index in [-0.39, 0.29) is 5.57 Å². The molecule has 0 aliphatic carbocycles. The Labute approximate surface area is 135 Å². The van der Waals surface area contributed by atoms with Gasteiger partial charge < -0.3 is 10.0 Å². The van der Waals surface area contributed by atoms with Crippen molar-refractivity contribution in [3.05, 3.63) is 23.4 Å². The molecule has 0 radical (unpaired) electrons. The zero-order valence-corrected chi connectivity index (χ0v) is 14.4. The van der Waals surface area contributed by atoms with Crippen LogP contribution in [0.5, 0.6) is 0 Å². The van der Waals surface area contributed by atoms with Crippen molar-refractivity contribution in [1.29, 1.82) is 5.26 Å². The molecule has 0 spiro atoms. The molecule has 0 aliphatic heterocycles. The lowest BCUT2D eigenvalue weighted by Gasteiger charge is -2.18. The second-order valence-electron chi connectivity index (χ2n) is 5.47. The monoisotopic (exact) mass is 306 g/mol. The predicted octanol–water partition coefficient (Wildman–Crippen LogP) is 4.35. The van der Waals surface area contributed by atoms with E-state index in [2.05, 4.69) is 32.6 Å². The van der Waals surface area contributed by atoms with Crippen LogP contribution in [-0.2, 0) is 4.79 Å². The molecule has 0 aromatic carbocycles. The number of carboxylic acids is 1. The minimum Gasteiger partial charge on any atom is -0.477 e. The molecular weight excluding hydrogens is 276 g/mol. The lowest BCUT2D eigenvalue weighted by atomic mass is 9.90. The zero-order valence-electron chi connectivity index (χ0n) is 14.4. The van der Waals surface area contributed by atoms with E-state index in [1.54, 1.807) is 0 Å². The molecule has 0 aromatic heterocycles. The molecule has 4 nitrogen and oxygen atoms in total. The van der Waals surface area contributed by atoms with Crippen LogP contribution in [-0.4, -0.2) is 29.1 Å². The van der Waals surface area contributed by atoms with Gasteiger partial charge in [0.05, 0.1) is 0 Å². The van der Waals surface area contributed by atoms with Gasteiger partial charge in [-0.05, 0) is 44.0 Å². The minimum atomic E-state index is -1.13. The minimum absolute atomic E-state index is 0.127. The van der Waals surface area contributed by atoms with Gasteiger partial charge in [0.25, 0.3) is 0 Å². The van der Waals surface area contributed by atoms with E-state index in [9.17, 15) is 15.2 Å². The summed E-state index contributed by atoms with van der Waals surface area (Å²) in [7, 11) is 0. The Kier molecular flexibility index (Phi) is 10.9. The van der Waals surface area contributed by atoms with Gasteiger partial charge in [-0.3, -0.25) is 0 Å². The quantitative estimate of drug-likeness (QED) is 0.350. The maximum atomic E-state index is 11.3. The predicted molar refractivity (Wildman–Crippen MR) is 90.3 cm³/mol. The molecule has 0 aliphatic rings. The first kappa shape index (κ1) is 20.2. The van der Waals surface area contributed by atoms with E-state index in [4.69, 9.17) is 0 Å². The second-order valence-corrected chi connectivity index (χ2v) is 5.47. The lowest BCUT2D eigenvalue weighted by molar-refractivity contribution is -0.132. The highest BCUT2D eigenvalue weighted by Crippen LogP contribution is 2.24. The second kappa shape index (κ2) is 11.9. The first-order valence-corrected chi connectivity index (χ1v) is 8.32. The van der Waals surface area contributed by atoms with Gasteiger partial charge in [-0.25, -0.2) is 4.79 Å². The number of unbranched alkanes of at least 4 members (excludes halogenated alkanes) is 1. The summed E-state index contributed by atoms with van der Waals surface area (Å²) in [5.74, 6) is -0.703. The number of allylic oxidation sites excluding steroid dienone is 2. The highest BCUT2D eigenvalue weighted by molar-refractivity contribution is 5.92. The fourth-order valence-electron chi connectivity index (χ4n) is 2.39. The van der Waals surface area contributed by atoms with Crippen LogP contribution >= 0.6 is 0 Å². The molecule has 1 N–H and O–H groups in total. The SMILES string of the molecule is CCCCC(CC)CC(C=CN(CC)CC)=C(C#N)C(=O)O. The summed E-state index contributed by atoms with van der Waals surface area (Å²) >= 11 is 0. The molecule has 0 aromatic rings. The van der Waals surface area contributed by atoms with Crippen LogP contribution in [0, 0.1) is 17.2 Å². The van der Waals surface area contributed by atoms with E-state index in [0.29, 0.717) is 17.9 Å². The van der Waals surface area contributed by atoms with Gasteiger partial charge in [0.15, 0.2) is 0 Å². The number of nitriles is 1. The van der Waals surface area contributed by atoms with Crippen LogP contribution in [0.1, 0.15) is 59.8 Å². The van der Waals surface area contributed by atoms with Gasteiger partial charge >= 0.3 is 5.97 Å². The first-order valence-electron chi connectivity index (χ1n) is 8.32. The van der Waals surface area contributed by atoms with Crippen molar-refractivity contribution in [3.63, 3.8) is 0 Å². The molecule has 4 heteroatoms. The normalized spacial score (nSPS) is 13.6. The molecule has 22 heavy (non-hydrogen) atoms. The average Bonchev–Trinajstić information content (AvgIpc) is 2.51. The van der Waals surface area contributed by atoms with Gasteiger partial charge in [-0.2, -0.15) is 5.26 Å². The van der Waals surface area contributed by atoms with Gasteiger partial charge in [0.2, 0.25) is 0 Å². The van der Waals surface area contributed by atoms with Crippen molar-refractivity contribution in [2.24, 2.45) is 5.92 Å². The van der Waals surface area contributed by atoms with E-state index < -0.39 is 5.97 Å². The molecule has 0 heterocycles. The van der Waals surface area contributed by atoms with Crippen molar-refractivity contribution >= 4 is 5.97 Å². The Morgan fingerprint density at radius 1 is 1.27 bits per heavy atom. The van der Waals surface area contributed by atoms with Crippen molar-refractivity contribution in [3.8, 4) is 6.07 Å². The number of hydrogen-bond acceptors (Lipinski definition) is 3. The average molecular weight is 306 g/mol. The molecule has 0 rings (SSSR count). The molecule has 0 bridgehead atoms. The van der Waals surface area contributed by atoms with E-state index >= 15 is 0 Å². The van der Waals surface area contributed by atoms with Crippen molar-refractivity contribution in [2.45, 2.75) is 59.8 Å². The van der Waals surface area contributed by atoms with E-state index in [1.807, 2.05) is 18.3 Å². The Morgan fingerprint density at radius 2 is 1.91 bits per heavy atom. The summed E-state index contributed by atoms with van der Waals surface area (Å²) in [4.78, 5) is 13.4. The highest BCUT2D eigenvalue weighted by atomic mass is 16.4. The van der Waals surface area contributed by atoms with Crippen LogP contribution in [0.2, 0.25) is 0 Å². The molecule has 124 valence electrons. The highest BCUT2D eigenvalue weighted by Gasteiger charge is 2.16. The Balaban J connectivity index is 5.35. The largest absolute Gasteiger partial charge is 0.477 e. The fourth-order valence-corrected chi connectivity index (χ4v) is 2.39. The topological polar surface area (TPSA) is 64.3 Å². The van der Waals surface area contributed by atoms with Crippen LogP contribution in [0.15, 0.2) is 23.4 Å². The van der Waals surface area contributed by atoms with Crippen LogP contribution in [0.3, 0.4) is 0 Å². The van der Waals surface area contributed by atoms with Crippen LogP contribution < -0.4 is 0 Å². The summed E-state index contributed by atoms with van der Waals surface area (Å²) in [5.41, 5.74) is 0.517. The molecule has 1 unspecified atom stereocenters. The lowest BCUT2D eigenvalue weighted by Crippen LogP contribution is -2.15. The summed E-state index contributed by atoms with van der Waals surface area (Å²) < 4.78 is 0.